The maximum Gasteiger partial charge on any atom is 0.416 e. The summed E-state index contributed by atoms with van der Waals surface area (Å²) in [5.74, 6) is 0.0226. The first kappa shape index (κ1) is 12.6. The van der Waals surface area contributed by atoms with Crippen molar-refractivity contribution in [1.82, 2.24) is 0 Å². The highest BCUT2D eigenvalue weighted by Crippen LogP contribution is 2.32. The Labute approximate surface area is 92.5 Å². The zero-order valence-electron chi connectivity index (χ0n) is 9.10. The Kier molecular flexibility index (Phi) is 3.58. The van der Waals surface area contributed by atoms with Gasteiger partial charge in [-0.25, -0.2) is 0 Å². The zero-order chi connectivity index (χ0) is 12.3. The van der Waals surface area contributed by atoms with Gasteiger partial charge in [0.25, 0.3) is 0 Å². The molecule has 0 heterocycles. The topological polar surface area (TPSA) is 23.8 Å². The second-order valence-electron chi connectivity index (χ2n) is 3.76. The van der Waals surface area contributed by atoms with E-state index in [4.69, 9.17) is 5.26 Å². The molecule has 1 aromatic rings. The molecule has 86 valence electrons. The molecule has 1 nitrogen and oxygen atoms in total. The van der Waals surface area contributed by atoms with Crippen LogP contribution in [0.15, 0.2) is 18.2 Å². The monoisotopic (exact) mass is 227 g/mol. The average molecular weight is 227 g/mol. The summed E-state index contributed by atoms with van der Waals surface area (Å²) in [6.07, 6.45) is -3.65. The highest BCUT2D eigenvalue weighted by Gasteiger charge is 2.31. The van der Waals surface area contributed by atoms with Gasteiger partial charge >= 0.3 is 6.18 Å². The van der Waals surface area contributed by atoms with E-state index in [1.165, 1.54) is 6.07 Å². The summed E-state index contributed by atoms with van der Waals surface area (Å²) in [5.41, 5.74) is -0.124. The number of hydrogen-bond acceptors (Lipinski definition) is 1. The SMILES string of the molecule is CCC(C)c1cc(C#N)cc(C(F)(F)F)c1. The molecule has 0 aromatic heterocycles. The molecular weight excluding hydrogens is 215 g/mol. The minimum Gasteiger partial charge on any atom is -0.192 e. The maximum atomic E-state index is 12.5. The van der Waals surface area contributed by atoms with Crippen molar-refractivity contribution in [2.75, 3.05) is 0 Å². The van der Waals surface area contributed by atoms with Gasteiger partial charge in [-0.05, 0) is 36.1 Å². The van der Waals surface area contributed by atoms with Crippen LogP contribution in [0.25, 0.3) is 0 Å². The minimum atomic E-state index is -4.39. The molecule has 1 unspecified atom stereocenters. The van der Waals surface area contributed by atoms with Crippen LogP contribution in [0.5, 0.6) is 0 Å². The summed E-state index contributed by atoms with van der Waals surface area (Å²) in [6, 6.07) is 5.28. The fraction of sp³-hybridized carbons (Fsp3) is 0.417. The summed E-state index contributed by atoms with van der Waals surface area (Å²) in [6.45, 7) is 3.74. The van der Waals surface area contributed by atoms with Crippen LogP contribution in [0.3, 0.4) is 0 Å². The second kappa shape index (κ2) is 4.56. The smallest absolute Gasteiger partial charge is 0.192 e. The number of alkyl halides is 3. The van der Waals surface area contributed by atoms with Gasteiger partial charge in [-0.3, -0.25) is 0 Å². The van der Waals surface area contributed by atoms with E-state index >= 15 is 0 Å². The second-order valence-corrected chi connectivity index (χ2v) is 3.76. The summed E-state index contributed by atoms with van der Waals surface area (Å²) in [7, 11) is 0. The number of nitriles is 1. The molecule has 0 saturated heterocycles. The Bertz CT molecular complexity index is 415. The van der Waals surface area contributed by atoms with Gasteiger partial charge in [0.15, 0.2) is 0 Å². The highest BCUT2D eigenvalue weighted by molar-refractivity contribution is 5.39. The molecule has 0 spiro atoms. The molecule has 0 fully saturated rings. The Balaban J connectivity index is 3.28. The van der Waals surface area contributed by atoms with E-state index in [1.807, 2.05) is 13.8 Å². The summed E-state index contributed by atoms with van der Waals surface area (Å²) in [5, 5.41) is 8.69. The predicted octanol–water partition coefficient (Wildman–Crippen LogP) is 4.09. The Morgan fingerprint density at radius 3 is 2.38 bits per heavy atom. The maximum absolute atomic E-state index is 12.5. The summed E-state index contributed by atoms with van der Waals surface area (Å²) < 4.78 is 37.6. The Morgan fingerprint density at radius 1 is 1.31 bits per heavy atom. The number of halogens is 3. The van der Waals surface area contributed by atoms with Gasteiger partial charge in [-0.15, -0.1) is 0 Å². The van der Waals surface area contributed by atoms with E-state index in [2.05, 4.69) is 0 Å². The van der Waals surface area contributed by atoms with E-state index < -0.39 is 11.7 Å². The molecule has 0 amide bonds. The molecular formula is C12H12F3N. The van der Waals surface area contributed by atoms with Gasteiger partial charge in [0.1, 0.15) is 0 Å². The van der Waals surface area contributed by atoms with Crippen LogP contribution < -0.4 is 0 Å². The van der Waals surface area contributed by atoms with Crippen LogP contribution in [0.2, 0.25) is 0 Å². The first-order chi connectivity index (χ1) is 7.38. The molecule has 1 atom stereocenters. The van der Waals surface area contributed by atoms with Crippen molar-refractivity contribution in [2.45, 2.75) is 32.4 Å². The van der Waals surface area contributed by atoms with Crippen LogP contribution in [-0.4, -0.2) is 0 Å². The van der Waals surface area contributed by atoms with Gasteiger partial charge < -0.3 is 0 Å². The normalized spacial score (nSPS) is 13.2. The predicted molar refractivity (Wildman–Crippen MR) is 54.9 cm³/mol. The van der Waals surface area contributed by atoms with Crippen LogP contribution >= 0.6 is 0 Å². The lowest BCUT2D eigenvalue weighted by atomic mass is 9.94. The molecule has 1 aromatic carbocycles. The standard InChI is InChI=1S/C12H12F3N/c1-3-8(2)10-4-9(7-16)5-11(6-10)12(13,14)15/h4-6,8H,3H2,1-2H3. The lowest BCUT2D eigenvalue weighted by molar-refractivity contribution is -0.137. The molecule has 0 N–H and O–H groups in total. The zero-order valence-corrected chi connectivity index (χ0v) is 9.10. The molecule has 0 aliphatic rings. The van der Waals surface area contributed by atoms with Crippen molar-refractivity contribution in [3.05, 3.63) is 34.9 Å². The van der Waals surface area contributed by atoms with E-state index in [9.17, 15) is 13.2 Å². The van der Waals surface area contributed by atoms with Crippen molar-refractivity contribution in [3.63, 3.8) is 0 Å². The van der Waals surface area contributed by atoms with Crippen molar-refractivity contribution >= 4 is 0 Å². The van der Waals surface area contributed by atoms with E-state index in [0.717, 1.165) is 18.6 Å². The van der Waals surface area contributed by atoms with Crippen LogP contribution in [0.1, 0.15) is 42.9 Å². The van der Waals surface area contributed by atoms with Crippen molar-refractivity contribution in [3.8, 4) is 6.07 Å². The van der Waals surface area contributed by atoms with Crippen molar-refractivity contribution < 1.29 is 13.2 Å². The first-order valence-corrected chi connectivity index (χ1v) is 5.00. The van der Waals surface area contributed by atoms with Crippen LogP contribution in [0, 0.1) is 11.3 Å². The third-order valence-electron chi connectivity index (χ3n) is 2.59. The number of benzene rings is 1. The lowest BCUT2D eigenvalue weighted by Gasteiger charge is -2.13. The fourth-order valence-corrected chi connectivity index (χ4v) is 1.40. The molecule has 0 bridgehead atoms. The van der Waals surface area contributed by atoms with Gasteiger partial charge in [-0.2, -0.15) is 18.4 Å². The molecule has 16 heavy (non-hydrogen) atoms. The molecule has 0 aliphatic carbocycles. The van der Waals surface area contributed by atoms with Crippen molar-refractivity contribution in [2.24, 2.45) is 0 Å². The van der Waals surface area contributed by atoms with E-state index in [1.54, 1.807) is 6.07 Å². The van der Waals surface area contributed by atoms with Crippen LogP contribution in [-0.2, 0) is 6.18 Å². The first-order valence-electron chi connectivity index (χ1n) is 5.00. The minimum absolute atomic E-state index is 0.0226. The van der Waals surface area contributed by atoms with Gasteiger partial charge in [0.05, 0.1) is 17.2 Å². The molecule has 0 aliphatic heterocycles. The van der Waals surface area contributed by atoms with E-state index in [0.29, 0.717) is 5.56 Å². The number of nitrogens with zero attached hydrogens (tertiary/aromatic N) is 1. The molecule has 1 rings (SSSR count). The largest absolute Gasteiger partial charge is 0.416 e. The highest BCUT2D eigenvalue weighted by atomic mass is 19.4. The lowest BCUT2D eigenvalue weighted by Crippen LogP contribution is -2.07. The Hall–Kier alpha value is -1.50. The van der Waals surface area contributed by atoms with Gasteiger partial charge in [0, 0.05) is 0 Å². The van der Waals surface area contributed by atoms with Gasteiger partial charge in [0.2, 0.25) is 0 Å². The van der Waals surface area contributed by atoms with Crippen LogP contribution in [0.4, 0.5) is 13.2 Å². The fourth-order valence-electron chi connectivity index (χ4n) is 1.40. The van der Waals surface area contributed by atoms with E-state index in [-0.39, 0.29) is 11.5 Å². The third kappa shape index (κ3) is 2.75. The molecule has 4 heteroatoms. The number of rotatable bonds is 2. The molecule has 0 radical (unpaired) electrons. The Morgan fingerprint density at radius 2 is 1.94 bits per heavy atom. The number of hydrogen-bond donors (Lipinski definition) is 0. The summed E-state index contributed by atoms with van der Waals surface area (Å²) in [4.78, 5) is 0. The quantitative estimate of drug-likeness (QED) is 0.746. The summed E-state index contributed by atoms with van der Waals surface area (Å²) >= 11 is 0. The van der Waals surface area contributed by atoms with Gasteiger partial charge in [-0.1, -0.05) is 13.8 Å². The third-order valence-corrected chi connectivity index (χ3v) is 2.59. The molecule has 0 saturated carbocycles. The average Bonchev–Trinajstić information content (AvgIpc) is 2.26. The van der Waals surface area contributed by atoms with Crippen molar-refractivity contribution in [1.29, 1.82) is 5.26 Å².